The van der Waals surface area contributed by atoms with Crippen molar-refractivity contribution in [2.45, 2.75) is 18.7 Å². The second kappa shape index (κ2) is 9.85. The molecule has 0 heterocycles. The zero-order valence-corrected chi connectivity index (χ0v) is 18.5. The molecule has 0 unspecified atom stereocenters. The van der Waals surface area contributed by atoms with Gasteiger partial charge in [-0.25, -0.2) is 9.59 Å². The van der Waals surface area contributed by atoms with Crippen LogP contribution >= 0.6 is 0 Å². The van der Waals surface area contributed by atoms with Crippen molar-refractivity contribution in [3.8, 4) is 11.1 Å². The number of carboxylic acid groups (broad SMARTS) is 1. The largest absolute Gasteiger partial charge is 0.480 e. The van der Waals surface area contributed by atoms with E-state index in [1.54, 1.807) is 0 Å². The molecule has 1 aliphatic rings. The average molecular weight is 447 g/mol. The highest BCUT2D eigenvalue weighted by Crippen LogP contribution is 2.46. The van der Waals surface area contributed by atoms with Crippen LogP contribution in [-0.2, 0) is 21.0 Å². The topological polar surface area (TPSA) is 79.3 Å². The summed E-state index contributed by atoms with van der Waals surface area (Å²) in [7, 11) is 2.86. The Morgan fingerprint density at radius 3 is 2.00 bits per heavy atom. The number of benzene rings is 3. The first kappa shape index (κ1) is 22.5. The van der Waals surface area contributed by atoms with Gasteiger partial charge in [-0.1, -0.05) is 78.9 Å². The van der Waals surface area contributed by atoms with E-state index in [9.17, 15) is 14.7 Å². The van der Waals surface area contributed by atoms with E-state index < -0.39 is 24.1 Å². The predicted molar refractivity (Wildman–Crippen MR) is 123 cm³/mol. The Morgan fingerprint density at radius 2 is 1.45 bits per heavy atom. The molecule has 1 atom stereocenters. The third-order valence-corrected chi connectivity index (χ3v) is 5.86. The number of nitrogens with zero attached hydrogens (tertiary/aromatic N) is 2. The second-order valence-electron chi connectivity index (χ2n) is 7.83. The molecule has 0 saturated carbocycles. The monoisotopic (exact) mass is 446 g/mol. The molecule has 4 rings (SSSR count). The molecular formula is C26H26N2O5. The third kappa shape index (κ3) is 4.46. The minimum Gasteiger partial charge on any atom is -0.480 e. The number of urea groups is 1. The van der Waals surface area contributed by atoms with Crippen LogP contribution in [0.15, 0.2) is 78.9 Å². The SMILES string of the molecule is CON(C(=O)N(C)[C@H](COCc1ccccc1)C(=O)O)C1c2ccccc2-c2ccccc21. The Kier molecular flexibility index (Phi) is 6.72. The summed E-state index contributed by atoms with van der Waals surface area (Å²) in [5.41, 5.74) is 4.82. The van der Waals surface area contributed by atoms with Crippen molar-refractivity contribution in [1.82, 2.24) is 9.96 Å². The van der Waals surface area contributed by atoms with Gasteiger partial charge < -0.3 is 14.7 Å². The molecule has 0 radical (unpaired) electrons. The van der Waals surface area contributed by atoms with E-state index in [0.29, 0.717) is 0 Å². The van der Waals surface area contributed by atoms with Gasteiger partial charge in [0.1, 0.15) is 6.04 Å². The van der Waals surface area contributed by atoms with E-state index >= 15 is 0 Å². The van der Waals surface area contributed by atoms with Crippen molar-refractivity contribution in [3.05, 3.63) is 95.6 Å². The van der Waals surface area contributed by atoms with Crippen molar-refractivity contribution in [3.63, 3.8) is 0 Å². The van der Waals surface area contributed by atoms with Gasteiger partial charge in [0, 0.05) is 7.05 Å². The first-order valence-electron chi connectivity index (χ1n) is 10.7. The number of likely N-dealkylation sites (N-methyl/N-ethyl adjacent to an activating group) is 1. The fourth-order valence-corrected chi connectivity index (χ4v) is 4.18. The standard InChI is InChI=1S/C26H26N2O5/c1-27(23(25(29)30)17-33-16-18-10-4-3-5-11-18)26(31)28(32-2)24-21-14-8-6-12-19(21)20-13-7-9-15-22(20)24/h3-15,23-24H,16-17H2,1-2H3,(H,29,30)/t23-/m1/s1. The second-order valence-corrected chi connectivity index (χ2v) is 7.83. The number of aliphatic carboxylic acids is 1. The lowest BCUT2D eigenvalue weighted by atomic mass is 10.1. The Bertz CT molecular complexity index is 1090. The van der Waals surface area contributed by atoms with E-state index in [-0.39, 0.29) is 13.2 Å². The number of carboxylic acids is 1. The molecule has 7 heteroatoms. The first-order chi connectivity index (χ1) is 16.0. The summed E-state index contributed by atoms with van der Waals surface area (Å²) in [5, 5.41) is 11.0. The van der Waals surface area contributed by atoms with Crippen LogP contribution < -0.4 is 0 Å². The number of amides is 2. The van der Waals surface area contributed by atoms with E-state index in [0.717, 1.165) is 32.7 Å². The highest BCUT2D eigenvalue weighted by Gasteiger charge is 2.39. The lowest BCUT2D eigenvalue weighted by molar-refractivity contribution is -0.148. The third-order valence-electron chi connectivity index (χ3n) is 5.86. The highest BCUT2D eigenvalue weighted by molar-refractivity contribution is 5.85. The van der Waals surface area contributed by atoms with Crippen molar-refractivity contribution < 1.29 is 24.3 Å². The summed E-state index contributed by atoms with van der Waals surface area (Å²) in [4.78, 5) is 32.1. The molecule has 170 valence electrons. The molecule has 0 fully saturated rings. The zero-order chi connectivity index (χ0) is 23.4. The lowest BCUT2D eigenvalue weighted by Crippen LogP contribution is -2.51. The van der Waals surface area contributed by atoms with Crippen LogP contribution in [0.4, 0.5) is 4.79 Å². The van der Waals surface area contributed by atoms with E-state index in [2.05, 4.69) is 0 Å². The van der Waals surface area contributed by atoms with Gasteiger partial charge in [0.2, 0.25) is 0 Å². The molecule has 33 heavy (non-hydrogen) atoms. The number of hydrogen-bond donors (Lipinski definition) is 1. The van der Waals surface area contributed by atoms with Gasteiger partial charge in [0.15, 0.2) is 6.04 Å². The predicted octanol–water partition coefficient (Wildman–Crippen LogP) is 4.34. The number of ether oxygens (including phenoxy) is 1. The minimum atomic E-state index is -1.18. The van der Waals surface area contributed by atoms with Crippen LogP contribution in [0.5, 0.6) is 0 Å². The molecule has 2 amide bonds. The molecular weight excluding hydrogens is 420 g/mol. The van der Waals surface area contributed by atoms with Crippen LogP contribution in [0.1, 0.15) is 22.7 Å². The highest BCUT2D eigenvalue weighted by atomic mass is 16.7. The molecule has 1 N–H and O–H groups in total. The molecule has 0 aliphatic heterocycles. The van der Waals surface area contributed by atoms with Crippen LogP contribution in [0.2, 0.25) is 0 Å². The fourth-order valence-electron chi connectivity index (χ4n) is 4.18. The molecule has 3 aromatic carbocycles. The van der Waals surface area contributed by atoms with Crippen LogP contribution in [0, 0.1) is 0 Å². The number of hydroxylamine groups is 2. The maximum Gasteiger partial charge on any atom is 0.345 e. The fraction of sp³-hybridized carbons (Fsp3) is 0.231. The Hall–Kier alpha value is -3.68. The zero-order valence-electron chi connectivity index (χ0n) is 18.5. The number of carbonyl (C=O) groups excluding carboxylic acids is 1. The summed E-state index contributed by atoms with van der Waals surface area (Å²) >= 11 is 0. The number of hydrogen-bond acceptors (Lipinski definition) is 4. The Balaban J connectivity index is 1.55. The number of rotatable bonds is 8. The summed E-state index contributed by atoms with van der Waals surface area (Å²) in [6.07, 6.45) is 0. The summed E-state index contributed by atoms with van der Waals surface area (Å²) < 4.78 is 5.63. The van der Waals surface area contributed by atoms with Crippen LogP contribution in [0.25, 0.3) is 11.1 Å². The van der Waals surface area contributed by atoms with Crippen molar-refractivity contribution in [2.24, 2.45) is 0 Å². The van der Waals surface area contributed by atoms with E-state index in [1.165, 1.54) is 19.2 Å². The number of carbonyl (C=O) groups is 2. The normalized spacial score (nSPS) is 13.2. The molecule has 0 saturated heterocycles. The maximum atomic E-state index is 13.5. The van der Waals surface area contributed by atoms with Gasteiger partial charge in [-0.3, -0.25) is 4.84 Å². The Labute approximate surface area is 192 Å². The van der Waals surface area contributed by atoms with Crippen LogP contribution in [-0.4, -0.2) is 53.9 Å². The lowest BCUT2D eigenvalue weighted by Gasteiger charge is -2.34. The van der Waals surface area contributed by atoms with Gasteiger partial charge in [-0.15, -0.1) is 0 Å². The van der Waals surface area contributed by atoms with Gasteiger partial charge >= 0.3 is 12.0 Å². The van der Waals surface area contributed by atoms with Crippen molar-refractivity contribution in [2.75, 3.05) is 20.8 Å². The molecule has 0 aromatic heterocycles. The van der Waals surface area contributed by atoms with Gasteiger partial charge in [0.05, 0.1) is 20.3 Å². The quantitative estimate of drug-likeness (QED) is 0.521. The van der Waals surface area contributed by atoms with E-state index in [1.807, 2.05) is 78.9 Å². The van der Waals surface area contributed by atoms with Gasteiger partial charge in [-0.2, -0.15) is 5.06 Å². The molecule has 3 aromatic rings. The smallest absolute Gasteiger partial charge is 0.345 e. The minimum absolute atomic E-state index is 0.151. The molecule has 1 aliphatic carbocycles. The molecule has 0 spiro atoms. The molecule has 7 nitrogen and oxygen atoms in total. The van der Waals surface area contributed by atoms with Gasteiger partial charge in [-0.05, 0) is 27.8 Å². The van der Waals surface area contributed by atoms with Crippen molar-refractivity contribution >= 4 is 12.0 Å². The van der Waals surface area contributed by atoms with Gasteiger partial charge in [0.25, 0.3) is 0 Å². The summed E-state index contributed by atoms with van der Waals surface area (Å²) in [6, 6.07) is 22.9. The Morgan fingerprint density at radius 1 is 0.909 bits per heavy atom. The maximum absolute atomic E-state index is 13.5. The van der Waals surface area contributed by atoms with Crippen molar-refractivity contribution in [1.29, 1.82) is 0 Å². The summed E-state index contributed by atoms with van der Waals surface area (Å²) in [5.74, 6) is -1.15. The van der Waals surface area contributed by atoms with Crippen LogP contribution in [0.3, 0.4) is 0 Å². The van der Waals surface area contributed by atoms with E-state index in [4.69, 9.17) is 9.57 Å². The first-order valence-corrected chi connectivity index (χ1v) is 10.7. The molecule has 0 bridgehead atoms. The number of fused-ring (bicyclic) bond motifs is 3. The summed E-state index contributed by atoms with van der Waals surface area (Å²) in [6.45, 7) is 0.103. The average Bonchev–Trinajstić information content (AvgIpc) is 3.17.